The van der Waals surface area contributed by atoms with Crippen LogP contribution < -0.4 is 15.5 Å². The number of hydrogen-bond donors (Lipinski definition) is 2. The van der Waals surface area contributed by atoms with Crippen LogP contribution in [0.15, 0.2) is 35.3 Å². The number of guanidine groups is 1. The highest BCUT2D eigenvalue weighted by Crippen LogP contribution is 2.18. The molecule has 0 saturated heterocycles. The lowest BCUT2D eigenvalue weighted by Crippen LogP contribution is -2.36. The third-order valence-corrected chi connectivity index (χ3v) is 4.48. The Morgan fingerprint density at radius 2 is 2.00 bits per heavy atom. The summed E-state index contributed by atoms with van der Waals surface area (Å²) in [7, 11) is 3.66. The van der Waals surface area contributed by atoms with Crippen LogP contribution >= 0.6 is 11.3 Å². The van der Waals surface area contributed by atoms with Crippen LogP contribution in [0.3, 0.4) is 0 Å². The van der Waals surface area contributed by atoms with Crippen molar-refractivity contribution in [2.24, 2.45) is 4.99 Å². The summed E-state index contributed by atoms with van der Waals surface area (Å²) in [6.07, 6.45) is 0. The molecule has 0 atom stereocenters. The van der Waals surface area contributed by atoms with Crippen LogP contribution in [0.1, 0.15) is 22.2 Å². The Bertz CT molecular complexity index is 694. The summed E-state index contributed by atoms with van der Waals surface area (Å²) < 4.78 is 14.0. The highest BCUT2D eigenvalue weighted by atomic mass is 32.1. The van der Waals surface area contributed by atoms with Crippen molar-refractivity contribution in [3.05, 3.63) is 51.5 Å². The Kier molecular flexibility index (Phi) is 6.61. The number of nitrogens with zero attached hydrogens (tertiary/aromatic N) is 2. The molecule has 1 aromatic heterocycles. The average molecular weight is 348 g/mol. The monoisotopic (exact) mass is 348 g/mol. The van der Waals surface area contributed by atoms with Gasteiger partial charge >= 0.3 is 0 Å². The minimum Gasteiger partial charge on any atom is -0.375 e. The third-order valence-electron chi connectivity index (χ3n) is 3.48. The van der Waals surface area contributed by atoms with Crippen molar-refractivity contribution < 1.29 is 4.39 Å². The third kappa shape index (κ3) is 5.23. The van der Waals surface area contributed by atoms with E-state index in [2.05, 4.69) is 34.7 Å². The van der Waals surface area contributed by atoms with Crippen molar-refractivity contribution in [1.29, 1.82) is 0 Å². The molecule has 0 aliphatic carbocycles. The van der Waals surface area contributed by atoms with E-state index in [9.17, 15) is 4.39 Å². The number of aliphatic imine (C=N–C) groups is 1. The topological polar surface area (TPSA) is 39.7 Å². The van der Waals surface area contributed by atoms with E-state index in [0.29, 0.717) is 12.2 Å². The van der Waals surface area contributed by atoms with Crippen LogP contribution in [0, 0.1) is 12.7 Å². The smallest absolute Gasteiger partial charge is 0.191 e. The summed E-state index contributed by atoms with van der Waals surface area (Å²) in [5, 5.41) is 6.53. The van der Waals surface area contributed by atoms with Gasteiger partial charge in [0.1, 0.15) is 5.82 Å². The molecule has 0 spiro atoms. The van der Waals surface area contributed by atoms with Crippen LogP contribution in [0.2, 0.25) is 0 Å². The van der Waals surface area contributed by atoms with Gasteiger partial charge in [-0.2, -0.15) is 0 Å². The van der Waals surface area contributed by atoms with E-state index >= 15 is 0 Å². The summed E-state index contributed by atoms with van der Waals surface area (Å²) in [5.74, 6) is 0.514. The first-order valence-corrected chi connectivity index (χ1v) is 8.84. The van der Waals surface area contributed by atoms with E-state index in [0.717, 1.165) is 24.6 Å². The van der Waals surface area contributed by atoms with Gasteiger partial charge in [0.15, 0.2) is 5.96 Å². The minimum atomic E-state index is -0.222. The van der Waals surface area contributed by atoms with Gasteiger partial charge in [-0.3, -0.25) is 0 Å². The molecule has 0 fully saturated rings. The number of thiophene rings is 1. The van der Waals surface area contributed by atoms with Gasteiger partial charge in [0.05, 0.1) is 18.8 Å². The van der Waals surface area contributed by atoms with Gasteiger partial charge in [-0.25, -0.2) is 9.38 Å². The van der Waals surface area contributed by atoms with E-state index in [-0.39, 0.29) is 5.82 Å². The number of hydrogen-bond acceptors (Lipinski definition) is 3. The van der Waals surface area contributed by atoms with Gasteiger partial charge in [-0.1, -0.05) is 6.07 Å². The van der Waals surface area contributed by atoms with Crippen LogP contribution in [-0.2, 0) is 13.1 Å². The Balaban J connectivity index is 2.00. The van der Waals surface area contributed by atoms with Crippen molar-refractivity contribution >= 4 is 23.0 Å². The Morgan fingerprint density at radius 3 is 2.58 bits per heavy atom. The van der Waals surface area contributed by atoms with Crippen molar-refractivity contribution in [2.75, 3.05) is 25.5 Å². The van der Waals surface area contributed by atoms with E-state index < -0.39 is 0 Å². The molecule has 130 valence electrons. The SMILES string of the molecule is CCNC(=NCc1ccc(N(C)C)c(F)c1)NCc1ccc(C)s1. The molecule has 0 bridgehead atoms. The molecule has 24 heavy (non-hydrogen) atoms. The maximum atomic E-state index is 14.0. The fourth-order valence-corrected chi connectivity index (χ4v) is 3.10. The molecule has 0 radical (unpaired) electrons. The van der Waals surface area contributed by atoms with Crippen molar-refractivity contribution in [3.8, 4) is 0 Å². The van der Waals surface area contributed by atoms with Gasteiger partial charge in [-0.15, -0.1) is 11.3 Å². The van der Waals surface area contributed by atoms with Crippen LogP contribution in [0.25, 0.3) is 0 Å². The zero-order chi connectivity index (χ0) is 17.5. The van der Waals surface area contributed by atoms with Crippen LogP contribution in [0.4, 0.5) is 10.1 Å². The van der Waals surface area contributed by atoms with Crippen LogP contribution in [-0.4, -0.2) is 26.6 Å². The molecule has 2 rings (SSSR count). The van der Waals surface area contributed by atoms with Crippen molar-refractivity contribution in [1.82, 2.24) is 10.6 Å². The van der Waals surface area contributed by atoms with E-state index in [1.54, 1.807) is 28.4 Å². The molecule has 0 aliphatic rings. The molecule has 0 unspecified atom stereocenters. The van der Waals surface area contributed by atoms with E-state index in [1.807, 2.05) is 27.1 Å². The van der Waals surface area contributed by atoms with Crippen LogP contribution in [0.5, 0.6) is 0 Å². The highest BCUT2D eigenvalue weighted by Gasteiger charge is 2.06. The minimum absolute atomic E-state index is 0.222. The van der Waals surface area contributed by atoms with Crippen molar-refractivity contribution in [3.63, 3.8) is 0 Å². The molecule has 0 aliphatic heterocycles. The van der Waals surface area contributed by atoms with Gasteiger partial charge in [0, 0.05) is 30.4 Å². The normalized spacial score (nSPS) is 11.5. The largest absolute Gasteiger partial charge is 0.375 e. The predicted octanol–water partition coefficient (Wildman–Crippen LogP) is 3.52. The molecule has 4 nitrogen and oxygen atoms in total. The second-order valence-corrected chi connectivity index (χ2v) is 7.11. The molecule has 6 heteroatoms. The number of rotatable bonds is 6. The Labute approximate surface area is 147 Å². The summed E-state index contributed by atoms with van der Waals surface area (Å²) in [4.78, 5) is 8.86. The first kappa shape index (κ1) is 18.3. The number of anilines is 1. The summed E-state index contributed by atoms with van der Waals surface area (Å²) >= 11 is 1.77. The molecule has 2 aromatic rings. The highest BCUT2D eigenvalue weighted by molar-refractivity contribution is 7.11. The Hall–Kier alpha value is -2.08. The first-order valence-electron chi connectivity index (χ1n) is 8.03. The molecular formula is C18H25FN4S. The summed E-state index contributed by atoms with van der Waals surface area (Å²) in [6, 6.07) is 9.47. The lowest BCUT2D eigenvalue weighted by Gasteiger charge is -2.14. The molecule has 1 heterocycles. The standard InChI is InChI=1S/C18H25FN4S/c1-5-20-18(22-12-15-8-6-13(2)24-15)21-11-14-7-9-17(23(3)4)16(19)10-14/h6-10H,5,11-12H2,1-4H3,(H2,20,21,22). The summed E-state index contributed by atoms with van der Waals surface area (Å²) in [5.41, 5.74) is 1.43. The maximum Gasteiger partial charge on any atom is 0.191 e. The van der Waals surface area contributed by atoms with Gasteiger partial charge in [0.2, 0.25) is 0 Å². The molecular weight excluding hydrogens is 323 g/mol. The lowest BCUT2D eigenvalue weighted by atomic mass is 10.2. The zero-order valence-electron chi connectivity index (χ0n) is 14.7. The van der Waals surface area contributed by atoms with Gasteiger partial charge < -0.3 is 15.5 Å². The quantitative estimate of drug-likeness (QED) is 0.620. The molecule has 2 N–H and O–H groups in total. The first-order chi connectivity index (χ1) is 11.5. The predicted molar refractivity (Wildman–Crippen MR) is 101 cm³/mol. The number of aryl methyl sites for hydroxylation is 1. The Morgan fingerprint density at radius 1 is 1.21 bits per heavy atom. The number of nitrogens with one attached hydrogen (secondary N) is 2. The summed E-state index contributed by atoms with van der Waals surface area (Å²) in [6.45, 7) is 6.07. The number of halogens is 1. The molecule has 0 saturated carbocycles. The van der Waals surface area contributed by atoms with E-state index in [4.69, 9.17) is 0 Å². The second kappa shape index (κ2) is 8.68. The second-order valence-electron chi connectivity index (χ2n) is 5.74. The fraction of sp³-hybridized carbons (Fsp3) is 0.389. The number of benzene rings is 1. The maximum absolute atomic E-state index is 14.0. The average Bonchev–Trinajstić information content (AvgIpc) is 2.95. The van der Waals surface area contributed by atoms with Crippen molar-refractivity contribution in [2.45, 2.75) is 26.9 Å². The van der Waals surface area contributed by atoms with E-state index in [1.165, 1.54) is 9.75 Å². The zero-order valence-corrected chi connectivity index (χ0v) is 15.5. The fourth-order valence-electron chi connectivity index (χ4n) is 2.27. The van der Waals surface area contributed by atoms with Gasteiger partial charge in [0.25, 0.3) is 0 Å². The lowest BCUT2D eigenvalue weighted by molar-refractivity contribution is 0.624. The molecule has 1 aromatic carbocycles. The van der Waals surface area contributed by atoms with Gasteiger partial charge in [-0.05, 0) is 43.7 Å². The molecule has 0 amide bonds.